The number of fused-ring (bicyclic) bond motifs is 1. The molecule has 2 saturated carbocycles. The van der Waals surface area contributed by atoms with Gasteiger partial charge in [-0.2, -0.15) is 0 Å². The van der Waals surface area contributed by atoms with Gasteiger partial charge in [-0.3, -0.25) is 4.79 Å². The molecule has 0 aromatic carbocycles. The number of hydrogen-bond donors (Lipinski definition) is 1. The Hall–Kier alpha value is -1.32. The van der Waals surface area contributed by atoms with Gasteiger partial charge in [0.05, 0.1) is 18.7 Å². The van der Waals surface area contributed by atoms with Crippen LogP contribution in [0.2, 0.25) is 0 Å². The van der Waals surface area contributed by atoms with Crippen LogP contribution in [0.3, 0.4) is 0 Å². The van der Waals surface area contributed by atoms with E-state index in [1.165, 1.54) is 7.11 Å². The fourth-order valence-electron chi connectivity index (χ4n) is 4.62. The highest BCUT2D eigenvalue weighted by Crippen LogP contribution is 2.60. The normalized spacial score (nSPS) is 38.4. The Morgan fingerprint density at radius 3 is 2.60 bits per heavy atom. The van der Waals surface area contributed by atoms with Gasteiger partial charge in [-0.15, -0.1) is 0 Å². The minimum atomic E-state index is -0.245. The third-order valence-corrected chi connectivity index (χ3v) is 5.69. The summed E-state index contributed by atoms with van der Waals surface area (Å²) in [5.74, 6) is -0.127. The number of ether oxygens (including phenoxy) is 1. The van der Waals surface area contributed by atoms with E-state index in [1.54, 1.807) is 0 Å². The highest BCUT2D eigenvalue weighted by molar-refractivity contribution is 5.91. The third kappa shape index (κ3) is 1.97. The Balaban J connectivity index is 2.46. The number of methoxy groups -OCH3 is 1. The van der Waals surface area contributed by atoms with E-state index in [4.69, 9.17) is 4.74 Å². The number of carbonyl (C=O) groups excluding carboxylic acids is 1. The Morgan fingerprint density at radius 1 is 1.40 bits per heavy atom. The summed E-state index contributed by atoms with van der Waals surface area (Å²) >= 11 is 0. The van der Waals surface area contributed by atoms with Crippen molar-refractivity contribution in [3.05, 3.63) is 12.2 Å². The number of oxime groups is 1. The van der Waals surface area contributed by atoms with Crippen LogP contribution in [0.15, 0.2) is 17.3 Å². The van der Waals surface area contributed by atoms with Gasteiger partial charge in [-0.1, -0.05) is 38.1 Å². The molecule has 20 heavy (non-hydrogen) atoms. The van der Waals surface area contributed by atoms with Crippen LogP contribution in [0.5, 0.6) is 0 Å². The molecule has 0 aromatic heterocycles. The van der Waals surface area contributed by atoms with Crippen LogP contribution in [0.25, 0.3) is 0 Å². The second-order valence-electron chi connectivity index (χ2n) is 6.98. The van der Waals surface area contributed by atoms with Gasteiger partial charge in [0, 0.05) is 5.41 Å². The highest BCUT2D eigenvalue weighted by Gasteiger charge is 2.57. The predicted octanol–water partition coefficient (Wildman–Crippen LogP) is 3.40. The van der Waals surface area contributed by atoms with Crippen molar-refractivity contribution < 1.29 is 14.7 Å². The lowest BCUT2D eigenvalue weighted by molar-refractivity contribution is -0.153. The molecule has 3 atom stereocenters. The van der Waals surface area contributed by atoms with Gasteiger partial charge in [0.2, 0.25) is 0 Å². The molecule has 2 aliphatic carbocycles. The van der Waals surface area contributed by atoms with Crippen molar-refractivity contribution >= 4 is 11.7 Å². The lowest BCUT2D eigenvalue weighted by Gasteiger charge is -2.56. The molecule has 0 amide bonds. The molecule has 0 aliphatic heterocycles. The molecular formula is C16H25NO3. The SMILES string of the molecule is C=C1CC[C@H]2C(C)(C)/C(=N/O)CC[C@]2(C)[C@H]1C(=O)OC. The third-order valence-electron chi connectivity index (χ3n) is 5.69. The summed E-state index contributed by atoms with van der Waals surface area (Å²) in [4.78, 5) is 12.2. The lowest BCUT2D eigenvalue weighted by atomic mass is 9.47. The standard InChI is InChI=1S/C16H25NO3/c1-10-6-7-11-15(2,3)12(17-19)8-9-16(11,4)13(10)14(18)20-5/h11,13,19H,1,6-9H2,2-5H3/b17-12+/t11-,13+,16-/m0/s1. The average molecular weight is 279 g/mol. The summed E-state index contributed by atoms with van der Waals surface area (Å²) in [5.41, 5.74) is 1.46. The van der Waals surface area contributed by atoms with Crippen molar-refractivity contribution in [2.24, 2.45) is 27.8 Å². The van der Waals surface area contributed by atoms with Crippen LogP contribution in [-0.2, 0) is 9.53 Å². The predicted molar refractivity (Wildman–Crippen MR) is 77.7 cm³/mol. The summed E-state index contributed by atoms with van der Waals surface area (Å²) in [5, 5.41) is 12.8. The van der Waals surface area contributed by atoms with E-state index in [9.17, 15) is 10.0 Å². The van der Waals surface area contributed by atoms with Crippen molar-refractivity contribution in [3.63, 3.8) is 0 Å². The van der Waals surface area contributed by atoms with Crippen LogP contribution in [0.1, 0.15) is 46.5 Å². The monoisotopic (exact) mass is 279 g/mol. The van der Waals surface area contributed by atoms with Crippen molar-refractivity contribution in [1.82, 2.24) is 0 Å². The number of carbonyl (C=O) groups is 1. The fourth-order valence-corrected chi connectivity index (χ4v) is 4.62. The first kappa shape index (κ1) is 15.1. The highest BCUT2D eigenvalue weighted by atomic mass is 16.5. The number of nitrogens with zero attached hydrogens (tertiary/aromatic N) is 1. The van der Waals surface area contributed by atoms with Gasteiger partial charge < -0.3 is 9.94 Å². The van der Waals surface area contributed by atoms with Crippen LogP contribution in [0, 0.1) is 22.7 Å². The van der Waals surface area contributed by atoms with Gasteiger partial charge in [0.25, 0.3) is 0 Å². The molecule has 0 bridgehead atoms. The molecule has 0 saturated heterocycles. The molecule has 0 radical (unpaired) electrons. The average Bonchev–Trinajstić information content (AvgIpc) is 2.37. The lowest BCUT2D eigenvalue weighted by Crippen LogP contribution is -2.55. The minimum absolute atomic E-state index is 0.167. The zero-order valence-electron chi connectivity index (χ0n) is 12.9. The first-order chi connectivity index (χ1) is 9.29. The Morgan fingerprint density at radius 2 is 2.05 bits per heavy atom. The number of esters is 1. The molecule has 2 aliphatic rings. The minimum Gasteiger partial charge on any atom is -0.469 e. The molecule has 2 rings (SSSR count). The first-order valence-corrected chi connectivity index (χ1v) is 7.26. The second-order valence-corrected chi connectivity index (χ2v) is 6.98. The van der Waals surface area contributed by atoms with E-state index in [-0.39, 0.29) is 22.7 Å². The van der Waals surface area contributed by atoms with Crippen LogP contribution in [-0.4, -0.2) is 24.0 Å². The smallest absolute Gasteiger partial charge is 0.313 e. The molecule has 0 unspecified atom stereocenters. The summed E-state index contributed by atoms with van der Waals surface area (Å²) in [6.45, 7) is 10.5. The van der Waals surface area contributed by atoms with E-state index >= 15 is 0 Å². The Bertz CT molecular complexity index is 458. The summed E-state index contributed by atoms with van der Waals surface area (Å²) in [7, 11) is 1.44. The zero-order chi connectivity index (χ0) is 15.1. The molecule has 0 spiro atoms. The Kier molecular flexibility index (Phi) is 3.69. The molecule has 112 valence electrons. The van der Waals surface area contributed by atoms with Crippen molar-refractivity contribution in [2.75, 3.05) is 7.11 Å². The number of hydrogen-bond acceptors (Lipinski definition) is 4. The zero-order valence-corrected chi connectivity index (χ0v) is 12.9. The second kappa shape index (κ2) is 4.90. The van der Waals surface area contributed by atoms with Crippen LogP contribution in [0.4, 0.5) is 0 Å². The van der Waals surface area contributed by atoms with E-state index in [1.807, 2.05) is 0 Å². The van der Waals surface area contributed by atoms with Gasteiger partial charge in [0.1, 0.15) is 0 Å². The molecule has 0 heterocycles. The van der Waals surface area contributed by atoms with Gasteiger partial charge in [-0.05, 0) is 37.0 Å². The molecule has 4 nitrogen and oxygen atoms in total. The van der Waals surface area contributed by atoms with Gasteiger partial charge in [-0.25, -0.2) is 0 Å². The van der Waals surface area contributed by atoms with E-state index in [0.717, 1.165) is 37.0 Å². The molecule has 2 fully saturated rings. The topological polar surface area (TPSA) is 58.9 Å². The number of rotatable bonds is 1. The molecule has 4 heteroatoms. The van der Waals surface area contributed by atoms with Crippen LogP contribution >= 0.6 is 0 Å². The Labute approximate surface area is 120 Å². The molecule has 0 aromatic rings. The van der Waals surface area contributed by atoms with Crippen molar-refractivity contribution in [3.8, 4) is 0 Å². The summed E-state index contributed by atoms with van der Waals surface area (Å²) in [6, 6.07) is 0. The maximum absolute atomic E-state index is 12.2. The van der Waals surface area contributed by atoms with Crippen molar-refractivity contribution in [2.45, 2.75) is 46.5 Å². The molecule has 1 N–H and O–H groups in total. The fraction of sp³-hybridized carbons (Fsp3) is 0.750. The van der Waals surface area contributed by atoms with E-state index in [2.05, 4.69) is 32.5 Å². The van der Waals surface area contributed by atoms with Crippen LogP contribution < -0.4 is 0 Å². The van der Waals surface area contributed by atoms with E-state index in [0.29, 0.717) is 5.92 Å². The quantitative estimate of drug-likeness (QED) is 0.346. The molecular weight excluding hydrogens is 254 g/mol. The summed E-state index contributed by atoms with van der Waals surface area (Å²) < 4.78 is 5.02. The van der Waals surface area contributed by atoms with Gasteiger partial charge >= 0.3 is 5.97 Å². The van der Waals surface area contributed by atoms with Crippen molar-refractivity contribution in [1.29, 1.82) is 0 Å². The van der Waals surface area contributed by atoms with Gasteiger partial charge in [0.15, 0.2) is 0 Å². The largest absolute Gasteiger partial charge is 0.469 e. The van der Waals surface area contributed by atoms with E-state index < -0.39 is 0 Å². The maximum Gasteiger partial charge on any atom is 0.313 e. The maximum atomic E-state index is 12.2. The summed E-state index contributed by atoms with van der Waals surface area (Å²) in [6.07, 6.45) is 3.37. The first-order valence-electron chi connectivity index (χ1n) is 7.26.